The van der Waals surface area contributed by atoms with E-state index in [1.54, 1.807) is 48.5 Å². The van der Waals surface area contributed by atoms with Crippen LogP contribution in [-0.2, 0) is 20.2 Å². The molecular formula is C32H22I2N6O8S2. The lowest BCUT2D eigenvalue weighted by Gasteiger charge is -2.12. The molecule has 8 N–H and O–H groups in total. The van der Waals surface area contributed by atoms with Crippen LogP contribution in [0.25, 0.3) is 32.7 Å². The van der Waals surface area contributed by atoms with Crippen LogP contribution in [0.3, 0.4) is 0 Å². The molecule has 0 fully saturated rings. The van der Waals surface area contributed by atoms with E-state index in [4.69, 9.17) is 11.5 Å². The van der Waals surface area contributed by atoms with Gasteiger partial charge in [-0.15, -0.1) is 10.2 Å². The number of anilines is 2. The highest BCUT2D eigenvalue weighted by Gasteiger charge is 2.24. The van der Waals surface area contributed by atoms with Gasteiger partial charge in [0, 0.05) is 17.9 Å². The molecule has 50 heavy (non-hydrogen) atoms. The fourth-order valence-electron chi connectivity index (χ4n) is 5.20. The lowest BCUT2D eigenvalue weighted by Crippen LogP contribution is -2.02. The van der Waals surface area contributed by atoms with E-state index < -0.39 is 30.0 Å². The van der Waals surface area contributed by atoms with Crippen LogP contribution in [0.4, 0.5) is 34.1 Å². The van der Waals surface area contributed by atoms with E-state index in [0.717, 1.165) is 23.3 Å². The second-order valence-corrected chi connectivity index (χ2v) is 15.8. The van der Waals surface area contributed by atoms with Crippen LogP contribution in [0.5, 0.6) is 11.5 Å². The smallest absolute Gasteiger partial charge is 0.295 e. The number of aromatic hydroxyl groups is 2. The van der Waals surface area contributed by atoms with Crippen LogP contribution in [0.1, 0.15) is 0 Å². The fraction of sp³-hybridized carbons (Fsp3) is 0. The minimum absolute atomic E-state index is 0.0175. The Bertz CT molecular complexity index is 2470. The highest BCUT2D eigenvalue weighted by Crippen LogP contribution is 2.44. The lowest BCUT2D eigenvalue weighted by molar-refractivity contribution is 0.479. The van der Waals surface area contributed by atoms with Crippen molar-refractivity contribution in [2.75, 3.05) is 11.5 Å². The third-order valence-electron chi connectivity index (χ3n) is 7.55. The molecular weight excluding hydrogens is 914 g/mol. The Kier molecular flexibility index (Phi) is 9.43. The van der Waals surface area contributed by atoms with Crippen molar-refractivity contribution >= 4 is 121 Å². The van der Waals surface area contributed by atoms with Gasteiger partial charge in [0.1, 0.15) is 32.7 Å². The molecule has 0 atom stereocenters. The number of nitrogens with two attached hydrogens (primary N) is 2. The molecule has 0 unspecified atom stereocenters. The summed E-state index contributed by atoms with van der Waals surface area (Å²) < 4.78 is 69.3. The maximum atomic E-state index is 12.2. The van der Waals surface area contributed by atoms with E-state index in [2.05, 4.69) is 20.5 Å². The van der Waals surface area contributed by atoms with E-state index in [9.17, 15) is 36.2 Å². The zero-order valence-electron chi connectivity index (χ0n) is 25.0. The van der Waals surface area contributed by atoms with Crippen molar-refractivity contribution in [2.24, 2.45) is 20.5 Å². The number of nitrogens with zero attached hydrogens (tertiary/aromatic N) is 4. The lowest BCUT2D eigenvalue weighted by atomic mass is 10.1. The van der Waals surface area contributed by atoms with E-state index >= 15 is 0 Å². The number of azo groups is 2. The molecule has 0 aliphatic carbocycles. The van der Waals surface area contributed by atoms with Gasteiger partial charge in [0.25, 0.3) is 20.2 Å². The Morgan fingerprint density at radius 1 is 0.500 bits per heavy atom. The standard InChI is InChI=1S/C32H22I2N6O8S2/c33-19-9-11-23(41)29-27(19)25(49(43,44)45)13-21(31(29)35)39-37-17-5-1-15(2-6-17)16-3-7-18(8-4-16)38-40-22-14-26(50(46,47)48)28-20(34)10-12-24(42)30(28)32(22)36/h1-14,41-42H,35-36H2,(H,43,44,45)(H,46,47,48). The van der Waals surface area contributed by atoms with Gasteiger partial charge in [0.2, 0.25) is 0 Å². The van der Waals surface area contributed by atoms with Crippen molar-refractivity contribution < 1.29 is 36.2 Å². The van der Waals surface area contributed by atoms with E-state index in [1.165, 1.54) is 24.3 Å². The minimum atomic E-state index is -4.70. The number of hydrogen-bond acceptors (Lipinski definition) is 12. The summed E-state index contributed by atoms with van der Waals surface area (Å²) in [7, 11) is -9.40. The van der Waals surface area contributed by atoms with Gasteiger partial charge in [0.05, 0.1) is 33.5 Å². The van der Waals surface area contributed by atoms with Crippen molar-refractivity contribution in [1.29, 1.82) is 0 Å². The zero-order chi connectivity index (χ0) is 36.1. The van der Waals surface area contributed by atoms with E-state index in [-0.39, 0.29) is 55.8 Å². The minimum Gasteiger partial charge on any atom is -0.507 e. The zero-order valence-corrected chi connectivity index (χ0v) is 31.0. The SMILES string of the molecule is Nc1c(N=Nc2ccc(-c3ccc(N=Nc4cc(S(=O)(=O)O)c5c(I)ccc(O)c5c4N)cc3)cc2)cc(S(=O)(=O)O)c2c(I)ccc(O)c12. The predicted molar refractivity (Wildman–Crippen MR) is 205 cm³/mol. The van der Waals surface area contributed by atoms with Gasteiger partial charge >= 0.3 is 0 Å². The molecule has 18 heteroatoms. The average molecular weight is 937 g/mol. The summed E-state index contributed by atoms with van der Waals surface area (Å²) in [4.78, 5) is -0.932. The van der Waals surface area contributed by atoms with Crippen molar-refractivity contribution in [1.82, 2.24) is 0 Å². The first-order chi connectivity index (χ1) is 23.5. The molecule has 0 bridgehead atoms. The number of fused-ring (bicyclic) bond motifs is 2. The van der Waals surface area contributed by atoms with E-state index in [1.807, 2.05) is 45.2 Å². The number of phenolic OH excluding ortho intramolecular Hbond substituents is 2. The van der Waals surface area contributed by atoms with Gasteiger partial charge < -0.3 is 21.7 Å². The van der Waals surface area contributed by atoms with Crippen LogP contribution in [0.15, 0.2) is 115 Å². The average Bonchev–Trinajstić information content (AvgIpc) is 3.06. The van der Waals surface area contributed by atoms with Gasteiger partial charge in [-0.05, 0) is 117 Å². The molecule has 0 spiro atoms. The van der Waals surface area contributed by atoms with Crippen LogP contribution in [0.2, 0.25) is 0 Å². The Labute approximate surface area is 311 Å². The molecule has 6 rings (SSSR count). The Morgan fingerprint density at radius 3 is 1.16 bits per heavy atom. The fourth-order valence-corrected chi connectivity index (χ4v) is 8.51. The van der Waals surface area contributed by atoms with Crippen LogP contribution in [-0.4, -0.2) is 36.2 Å². The quantitative estimate of drug-likeness (QED) is 0.0384. The maximum Gasteiger partial charge on any atom is 0.295 e. The van der Waals surface area contributed by atoms with Crippen LogP contribution >= 0.6 is 45.2 Å². The monoisotopic (exact) mass is 936 g/mol. The molecule has 0 aromatic heterocycles. The number of benzene rings is 6. The van der Waals surface area contributed by atoms with Gasteiger partial charge in [-0.1, -0.05) is 24.3 Å². The second-order valence-electron chi connectivity index (χ2n) is 10.7. The normalized spacial score (nSPS) is 12.5. The third-order valence-corrected chi connectivity index (χ3v) is 11.1. The van der Waals surface area contributed by atoms with Crippen molar-refractivity contribution in [3.63, 3.8) is 0 Å². The molecule has 0 aliphatic heterocycles. The Balaban J connectivity index is 1.26. The molecule has 254 valence electrons. The molecule has 0 amide bonds. The summed E-state index contributed by atoms with van der Waals surface area (Å²) in [5, 5.41) is 37.6. The number of rotatable bonds is 7. The van der Waals surface area contributed by atoms with Gasteiger partial charge in [-0.3, -0.25) is 9.11 Å². The summed E-state index contributed by atoms with van der Waals surface area (Å²) in [6.45, 7) is 0. The topological polar surface area (TPSA) is 251 Å². The highest BCUT2D eigenvalue weighted by molar-refractivity contribution is 14.1. The number of halogens is 2. The van der Waals surface area contributed by atoms with Crippen LogP contribution in [0, 0.1) is 7.14 Å². The second kappa shape index (κ2) is 13.3. The Hall–Kier alpha value is -4.48. The molecule has 6 aromatic carbocycles. The van der Waals surface area contributed by atoms with Gasteiger partial charge in [-0.25, -0.2) is 0 Å². The van der Waals surface area contributed by atoms with Crippen molar-refractivity contribution in [3.05, 3.63) is 92.1 Å². The highest BCUT2D eigenvalue weighted by atomic mass is 127. The van der Waals surface area contributed by atoms with Gasteiger partial charge in [0.15, 0.2) is 0 Å². The summed E-state index contributed by atoms with van der Waals surface area (Å²) in [5.41, 5.74) is 14.7. The molecule has 0 aliphatic rings. The summed E-state index contributed by atoms with van der Waals surface area (Å²) in [6.07, 6.45) is 0. The summed E-state index contributed by atoms with van der Waals surface area (Å²) in [6, 6.07) is 21.6. The maximum absolute atomic E-state index is 12.2. The first-order valence-corrected chi connectivity index (χ1v) is 19.0. The molecule has 6 aromatic rings. The predicted octanol–water partition coefficient (Wildman–Crippen LogP) is 8.77. The summed E-state index contributed by atoms with van der Waals surface area (Å²) >= 11 is 3.76. The van der Waals surface area contributed by atoms with Crippen molar-refractivity contribution in [3.8, 4) is 22.6 Å². The summed E-state index contributed by atoms with van der Waals surface area (Å²) in [5.74, 6) is -0.563. The molecule has 0 heterocycles. The van der Waals surface area contributed by atoms with Gasteiger partial charge in [-0.2, -0.15) is 27.1 Å². The van der Waals surface area contributed by atoms with Crippen LogP contribution < -0.4 is 11.5 Å². The first-order valence-electron chi connectivity index (χ1n) is 14.0. The molecule has 14 nitrogen and oxygen atoms in total. The largest absolute Gasteiger partial charge is 0.507 e. The first kappa shape index (κ1) is 35.3. The van der Waals surface area contributed by atoms with E-state index in [0.29, 0.717) is 18.5 Å². The molecule has 0 saturated heterocycles. The number of phenols is 2. The van der Waals surface area contributed by atoms with Crippen molar-refractivity contribution in [2.45, 2.75) is 9.79 Å². The Morgan fingerprint density at radius 2 is 0.840 bits per heavy atom. The number of nitrogen functional groups attached to an aromatic ring is 2. The number of hydrogen-bond donors (Lipinski definition) is 6. The molecule has 0 saturated carbocycles. The third kappa shape index (κ3) is 6.81. The molecule has 0 radical (unpaired) electrons.